The molecule has 0 atom stereocenters. The van der Waals surface area contributed by atoms with Gasteiger partial charge in [0.05, 0.1) is 5.57 Å². The molecule has 0 spiro atoms. The van der Waals surface area contributed by atoms with Gasteiger partial charge >= 0.3 is 0 Å². The average Bonchev–Trinajstić information content (AvgIpc) is 3.15. The summed E-state index contributed by atoms with van der Waals surface area (Å²) in [6, 6.07) is 13.3. The number of nitrogens with one attached hydrogen (secondary N) is 1. The van der Waals surface area contributed by atoms with Crippen molar-refractivity contribution in [3.05, 3.63) is 71.0 Å². The Bertz CT molecular complexity index is 1060. The summed E-state index contributed by atoms with van der Waals surface area (Å²) in [5.74, 6) is -0.0601. The van der Waals surface area contributed by atoms with Gasteiger partial charge in [0, 0.05) is 0 Å². The fourth-order valence-corrected chi connectivity index (χ4v) is 3.57. The van der Waals surface area contributed by atoms with Gasteiger partial charge in [-0.25, -0.2) is 4.39 Å². The van der Waals surface area contributed by atoms with Crippen molar-refractivity contribution in [2.45, 2.75) is 20.0 Å². The van der Waals surface area contributed by atoms with Crippen LogP contribution in [0.2, 0.25) is 0 Å². The Morgan fingerprint density at radius 3 is 2.59 bits per heavy atom. The lowest BCUT2D eigenvalue weighted by Gasteiger charge is -2.20. The zero-order valence-corrected chi connectivity index (χ0v) is 16.4. The standard InChI is InChI=1S/C21H17FN4O2S/c1-2-18-25-26-19(23)17(20(27)24-21(26)29-18)11-13-5-9-16(10-6-13)28-12-14-3-7-15(22)8-4-14/h3-11,23H,2,12H2,1H3/b17-11+,23-19?. The first-order chi connectivity index (χ1) is 14.0. The van der Waals surface area contributed by atoms with Crippen LogP contribution in [0, 0.1) is 11.2 Å². The molecule has 0 unspecified atom stereocenters. The van der Waals surface area contributed by atoms with E-state index in [1.807, 2.05) is 6.92 Å². The number of carbonyl (C=O) groups is 1. The number of benzene rings is 2. The highest BCUT2D eigenvalue weighted by Gasteiger charge is 2.34. The van der Waals surface area contributed by atoms with Crippen molar-refractivity contribution in [2.75, 3.05) is 0 Å². The van der Waals surface area contributed by atoms with E-state index in [0.717, 1.165) is 22.6 Å². The van der Waals surface area contributed by atoms with Crippen LogP contribution in [-0.2, 0) is 11.4 Å². The second-order valence-corrected chi connectivity index (χ2v) is 7.39. The van der Waals surface area contributed by atoms with Crippen molar-refractivity contribution in [1.82, 2.24) is 5.01 Å². The fraction of sp³-hybridized carbons (Fsp3) is 0.143. The molecule has 0 aliphatic carbocycles. The second kappa shape index (κ2) is 8.00. The van der Waals surface area contributed by atoms with Crippen molar-refractivity contribution in [3.63, 3.8) is 0 Å². The van der Waals surface area contributed by atoms with E-state index in [-0.39, 0.29) is 17.2 Å². The number of fused-ring (bicyclic) bond motifs is 1. The molecule has 0 aromatic heterocycles. The van der Waals surface area contributed by atoms with Crippen LogP contribution < -0.4 is 4.74 Å². The minimum Gasteiger partial charge on any atom is -0.489 e. The van der Waals surface area contributed by atoms with Crippen molar-refractivity contribution < 1.29 is 13.9 Å². The first-order valence-corrected chi connectivity index (χ1v) is 9.81. The van der Waals surface area contributed by atoms with Gasteiger partial charge in [0.1, 0.15) is 23.2 Å². The van der Waals surface area contributed by atoms with E-state index in [2.05, 4.69) is 10.1 Å². The van der Waals surface area contributed by atoms with Gasteiger partial charge in [-0.1, -0.05) is 31.2 Å². The maximum absolute atomic E-state index is 12.9. The van der Waals surface area contributed by atoms with Gasteiger partial charge in [0.2, 0.25) is 5.17 Å². The van der Waals surface area contributed by atoms with E-state index >= 15 is 0 Å². The highest BCUT2D eigenvalue weighted by molar-refractivity contribution is 8.26. The average molecular weight is 408 g/mol. The van der Waals surface area contributed by atoms with Gasteiger partial charge in [-0.15, -0.1) is 0 Å². The summed E-state index contributed by atoms with van der Waals surface area (Å²) in [6.07, 6.45) is 2.35. The largest absolute Gasteiger partial charge is 0.489 e. The lowest BCUT2D eigenvalue weighted by atomic mass is 10.1. The molecule has 6 nitrogen and oxygen atoms in total. The zero-order valence-electron chi connectivity index (χ0n) is 15.6. The van der Waals surface area contributed by atoms with Crippen LogP contribution in [0.4, 0.5) is 4.39 Å². The third kappa shape index (κ3) is 4.12. The van der Waals surface area contributed by atoms with Crippen LogP contribution in [-0.4, -0.2) is 27.0 Å². The van der Waals surface area contributed by atoms with Crippen LogP contribution in [0.25, 0.3) is 6.08 Å². The van der Waals surface area contributed by atoms with Gasteiger partial charge in [0.25, 0.3) is 5.91 Å². The Balaban J connectivity index is 1.47. The SMILES string of the molecule is CCC1=NN2C(=N)/C(=C\c3ccc(OCc4ccc(F)cc4)cc3)C(=O)N=C2S1. The van der Waals surface area contributed by atoms with Gasteiger partial charge in [-0.3, -0.25) is 10.2 Å². The molecule has 2 aliphatic heterocycles. The molecule has 0 saturated carbocycles. The van der Waals surface area contributed by atoms with Crippen LogP contribution in [0.3, 0.4) is 0 Å². The summed E-state index contributed by atoms with van der Waals surface area (Å²) in [5, 5.41) is 15.3. The molecule has 0 saturated heterocycles. The predicted molar refractivity (Wildman–Crippen MR) is 112 cm³/mol. The Morgan fingerprint density at radius 1 is 1.17 bits per heavy atom. The molecule has 2 heterocycles. The number of amides is 1. The monoisotopic (exact) mass is 408 g/mol. The van der Waals surface area contributed by atoms with Gasteiger partial charge < -0.3 is 4.74 Å². The zero-order chi connectivity index (χ0) is 20.4. The molecule has 146 valence electrons. The molecular weight excluding hydrogens is 391 g/mol. The van der Waals surface area contributed by atoms with Gasteiger partial charge in [-0.2, -0.15) is 15.1 Å². The smallest absolute Gasteiger partial charge is 0.283 e. The number of rotatable bonds is 5. The normalized spacial score (nSPS) is 17.3. The number of nitrogens with zero attached hydrogens (tertiary/aromatic N) is 3. The van der Waals surface area contributed by atoms with Crippen molar-refractivity contribution in [2.24, 2.45) is 10.1 Å². The number of ether oxygens (including phenoxy) is 1. The number of amidine groups is 2. The Kier molecular flexibility index (Phi) is 5.26. The summed E-state index contributed by atoms with van der Waals surface area (Å²) < 4.78 is 18.6. The molecular formula is C21H17FN4O2S. The summed E-state index contributed by atoms with van der Waals surface area (Å²) in [6.45, 7) is 2.29. The number of carbonyl (C=O) groups excluding carboxylic acids is 1. The van der Waals surface area contributed by atoms with Crippen molar-refractivity contribution in [1.29, 1.82) is 5.41 Å². The number of halogens is 1. The maximum Gasteiger partial charge on any atom is 0.283 e. The van der Waals surface area contributed by atoms with Crippen molar-refractivity contribution >= 4 is 39.8 Å². The molecule has 2 aliphatic rings. The Labute approximate surface area is 171 Å². The Hall–Kier alpha value is -3.26. The number of thioether (sulfide) groups is 1. The van der Waals surface area contributed by atoms with Gasteiger partial charge in [0.15, 0.2) is 5.84 Å². The quantitative estimate of drug-likeness (QED) is 0.742. The van der Waals surface area contributed by atoms with Crippen LogP contribution in [0.15, 0.2) is 64.2 Å². The number of hydrogen-bond donors (Lipinski definition) is 1. The van der Waals surface area contributed by atoms with E-state index in [1.165, 1.54) is 28.9 Å². The topological polar surface area (TPSA) is 78.1 Å². The van der Waals surface area contributed by atoms with E-state index in [9.17, 15) is 9.18 Å². The van der Waals surface area contributed by atoms with E-state index in [1.54, 1.807) is 42.5 Å². The molecule has 0 radical (unpaired) electrons. The highest BCUT2D eigenvalue weighted by Crippen LogP contribution is 2.29. The summed E-state index contributed by atoms with van der Waals surface area (Å²) in [4.78, 5) is 16.4. The van der Waals surface area contributed by atoms with E-state index in [0.29, 0.717) is 17.5 Å². The Morgan fingerprint density at radius 2 is 1.90 bits per heavy atom. The molecule has 0 fully saturated rings. The molecule has 1 amide bonds. The number of hydrogen-bond acceptors (Lipinski definition) is 5. The minimum absolute atomic E-state index is 0.0209. The van der Waals surface area contributed by atoms with Gasteiger partial charge in [-0.05, 0) is 59.7 Å². The molecule has 29 heavy (non-hydrogen) atoms. The minimum atomic E-state index is -0.446. The first-order valence-electron chi connectivity index (χ1n) is 9.00. The predicted octanol–water partition coefficient (Wildman–Crippen LogP) is 4.43. The second-order valence-electron chi connectivity index (χ2n) is 6.35. The number of hydrazone groups is 1. The molecule has 2 aromatic carbocycles. The lowest BCUT2D eigenvalue weighted by molar-refractivity contribution is -0.114. The highest BCUT2D eigenvalue weighted by atomic mass is 32.2. The third-order valence-corrected chi connectivity index (χ3v) is 5.36. The molecule has 8 heteroatoms. The van der Waals surface area contributed by atoms with Crippen molar-refractivity contribution in [3.8, 4) is 5.75 Å². The van der Waals surface area contributed by atoms with E-state index in [4.69, 9.17) is 10.1 Å². The molecule has 1 N–H and O–H groups in total. The number of aliphatic imine (C=N–C) groups is 1. The summed E-state index contributed by atoms with van der Waals surface area (Å²) in [5.41, 5.74) is 1.80. The first kappa shape index (κ1) is 19.1. The molecule has 0 bridgehead atoms. The van der Waals surface area contributed by atoms with E-state index < -0.39 is 5.91 Å². The van der Waals surface area contributed by atoms with Crippen LogP contribution in [0.1, 0.15) is 24.5 Å². The lowest BCUT2D eigenvalue weighted by Crippen LogP contribution is -2.35. The molecule has 2 aromatic rings. The van der Waals surface area contributed by atoms with Crippen LogP contribution >= 0.6 is 11.8 Å². The fourth-order valence-electron chi connectivity index (χ4n) is 2.75. The third-order valence-electron chi connectivity index (χ3n) is 4.31. The maximum atomic E-state index is 12.9. The summed E-state index contributed by atoms with van der Waals surface area (Å²) in [7, 11) is 0. The molecule has 4 rings (SSSR count). The summed E-state index contributed by atoms with van der Waals surface area (Å²) >= 11 is 1.32. The van der Waals surface area contributed by atoms with Crippen LogP contribution in [0.5, 0.6) is 5.75 Å².